The zero-order valence-electron chi connectivity index (χ0n) is 4.18. The van der Waals surface area contributed by atoms with Crippen LogP contribution < -0.4 is 0 Å². The van der Waals surface area contributed by atoms with Crippen molar-refractivity contribution >= 4 is 0 Å². The molecule has 0 aliphatic heterocycles. The fourth-order valence-electron chi connectivity index (χ4n) is 0. The second kappa shape index (κ2) is 9.28. The molecule has 0 rings (SSSR count). The highest BCUT2D eigenvalue weighted by Gasteiger charge is 1.83. The third-order valence-electron chi connectivity index (χ3n) is 0.365. The van der Waals surface area contributed by atoms with Gasteiger partial charge in [0.2, 0.25) is 0 Å². The largest absolute Gasteiger partial charge is 0.412 e. The number of rotatable bonds is 1. The van der Waals surface area contributed by atoms with Crippen molar-refractivity contribution < 1.29 is 21.2 Å². The molecule has 0 aromatic rings. The van der Waals surface area contributed by atoms with Crippen molar-refractivity contribution in [1.82, 2.24) is 0 Å². The first-order chi connectivity index (χ1) is 2.27. The summed E-state index contributed by atoms with van der Waals surface area (Å²) in [6, 6.07) is 0. The van der Waals surface area contributed by atoms with Crippen molar-refractivity contribution in [2.75, 3.05) is 0 Å². The molecule has 0 saturated carbocycles. The lowest BCUT2D eigenvalue weighted by Crippen LogP contribution is -1.99. The Morgan fingerprint density at radius 3 is 1.43 bits per heavy atom. The van der Waals surface area contributed by atoms with E-state index in [9.17, 15) is 0 Å². The molecule has 6 N–H and O–H groups in total. The molecule has 0 spiro atoms. The summed E-state index contributed by atoms with van der Waals surface area (Å²) in [5, 5.41) is 15.8. The van der Waals surface area contributed by atoms with Crippen LogP contribution in [0.4, 0.5) is 0 Å². The Kier molecular flexibility index (Phi) is 21.0. The molecule has 0 aromatic heterocycles. The van der Waals surface area contributed by atoms with E-state index in [0.717, 1.165) is 0 Å². The Morgan fingerprint density at radius 2 is 1.43 bits per heavy atom. The Bertz CT molecular complexity index is 20.9. The smallest absolute Gasteiger partial charge is 0.151 e. The van der Waals surface area contributed by atoms with E-state index in [4.69, 9.17) is 10.2 Å². The van der Waals surface area contributed by atoms with Gasteiger partial charge in [0.1, 0.15) is 0 Å². The Balaban J connectivity index is -0.0000000800. The highest BCUT2D eigenvalue weighted by molar-refractivity contribution is 4.21. The third kappa shape index (κ3) is 25.4. The molecule has 4 nitrogen and oxygen atoms in total. The van der Waals surface area contributed by atoms with Gasteiger partial charge in [-0.2, -0.15) is 0 Å². The number of aliphatic hydroxyl groups is 2. The molecule has 0 radical (unpaired) electrons. The summed E-state index contributed by atoms with van der Waals surface area (Å²) in [6.07, 6.45) is -0.699. The van der Waals surface area contributed by atoms with Gasteiger partial charge in [0, 0.05) is 0 Å². The third-order valence-corrected chi connectivity index (χ3v) is 0.365. The summed E-state index contributed by atoms with van der Waals surface area (Å²) in [5.74, 6) is 0. The van der Waals surface area contributed by atoms with Gasteiger partial charge in [-0.05, 0) is 6.42 Å². The zero-order valence-corrected chi connectivity index (χ0v) is 4.18. The van der Waals surface area contributed by atoms with Gasteiger partial charge in [0.05, 0.1) is 0 Å². The van der Waals surface area contributed by atoms with Crippen LogP contribution in [0.2, 0.25) is 0 Å². The molecular weight excluding hydrogens is 100 g/mol. The molecule has 48 valence electrons. The van der Waals surface area contributed by atoms with Gasteiger partial charge in [0.25, 0.3) is 0 Å². The molecule has 4 heteroatoms. The lowest BCUT2D eigenvalue weighted by atomic mass is 10.5. The van der Waals surface area contributed by atoms with Gasteiger partial charge in [-0.15, -0.1) is 0 Å². The van der Waals surface area contributed by atoms with E-state index in [1.807, 2.05) is 0 Å². The summed E-state index contributed by atoms with van der Waals surface area (Å²) in [4.78, 5) is 0. The van der Waals surface area contributed by atoms with Gasteiger partial charge in [-0.25, -0.2) is 0 Å². The Hall–Kier alpha value is -0.160. The van der Waals surface area contributed by atoms with Gasteiger partial charge in [-0.3, -0.25) is 0 Å². The second-order valence-electron chi connectivity index (χ2n) is 0.889. The minimum Gasteiger partial charge on any atom is -0.412 e. The summed E-state index contributed by atoms with van der Waals surface area (Å²) < 4.78 is 0. The zero-order chi connectivity index (χ0) is 4.28. The molecule has 0 unspecified atom stereocenters. The first kappa shape index (κ1) is 15.8. The van der Waals surface area contributed by atoms with Crippen molar-refractivity contribution in [2.24, 2.45) is 0 Å². The average molecular weight is 112 g/mol. The van der Waals surface area contributed by atoms with Crippen molar-refractivity contribution in [3.8, 4) is 0 Å². The van der Waals surface area contributed by atoms with Crippen LogP contribution in [0.15, 0.2) is 0 Å². The maximum absolute atomic E-state index is 7.92. The fourth-order valence-corrected chi connectivity index (χ4v) is 0. The van der Waals surface area contributed by atoms with Crippen molar-refractivity contribution in [2.45, 2.75) is 19.6 Å². The number of aliphatic hydroxyl groups excluding tert-OH is 1. The quantitative estimate of drug-likeness (QED) is 0.385. The van der Waals surface area contributed by atoms with E-state index in [1.54, 1.807) is 6.92 Å². The van der Waals surface area contributed by atoms with Crippen LogP contribution in [-0.4, -0.2) is 27.5 Å². The predicted molar refractivity (Wildman–Crippen MR) is 25.7 cm³/mol. The lowest BCUT2D eigenvalue weighted by molar-refractivity contribution is -0.0413. The molecule has 0 heterocycles. The summed E-state index contributed by atoms with van der Waals surface area (Å²) >= 11 is 0. The number of hydrogen-bond donors (Lipinski definition) is 2. The van der Waals surface area contributed by atoms with E-state index < -0.39 is 6.29 Å². The lowest BCUT2D eigenvalue weighted by Gasteiger charge is -1.90. The first-order valence-electron chi connectivity index (χ1n) is 1.63. The van der Waals surface area contributed by atoms with Crippen molar-refractivity contribution in [3.63, 3.8) is 0 Å². The maximum atomic E-state index is 7.92. The normalized spacial score (nSPS) is 6.86. The molecule has 0 amide bonds. The van der Waals surface area contributed by atoms with E-state index in [2.05, 4.69) is 0 Å². The van der Waals surface area contributed by atoms with E-state index in [-0.39, 0.29) is 11.0 Å². The number of hydrogen-bond acceptors (Lipinski definition) is 2. The standard InChI is InChI=1S/C3H8O2.2H2O/c1-2-3(4)5;;/h3-5H,2H2,1H3;2*1H2. The molecule has 0 fully saturated rings. The van der Waals surface area contributed by atoms with Gasteiger partial charge < -0.3 is 21.2 Å². The molecule has 0 aliphatic carbocycles. The molecular formula is C3H12O4. The molecule has 0 saturated heterocycles. The van der Waals surface area contributed by atoms with Gasteiger partial charge in [0.15, 0.2) is 6.29 Å². The highest BCUT2D eigenvalue weighted by atomic mass is 16.5. The average Bonchev–Trinajstić information content (AvgIpc) is 1.38. The van der Waals surface area contributed by atoms with Crippen molar-refractivity contribution in [1.29, 1.82) is 0 Å². The minimum absolute atomic E-state index is 0. The van der Waals surface area contributed by atoms with Crippen LogP contribution in [-0.2, 0) is 0 Å². The van der Waals surface area contributed by atoms with Crippen LogP contribution in [0, 0.1) is 0 Å². The van der Waals surface area contributed by atoms with Crippen LogP contribution in [0.25, 0.3) is 0 Å². The summed E-state index contributed by atoms with van der Waals surface area (Å²) in [6.45, 7) is 1.70. The van der Waals surface area contributed by atoms with Crippen LogP contribution in [0.5, 0.6) is 0 Å². The van der Waals surface area contributed by atoms with Gasteiger partial charge in [-0.1, -0.05) is 6.92 Å². The molecule has 7 heavy (non-hydrogen) atoms. The van der Waals surface area contributed by atoms with Crippen LogP contribution >= 0.6 is 0 Å². The second-order valence-corrected chi connectivity index (χ2v) is 0.889. The molecule has 0 atom stereocenters. The predicted octanol–water partition coefficient (Wildman–Crippen LogP) is -1.94. The fraction of sp³-hybridized carbons (Fsp3) is 1.00. The van der Waals surface area contributed by atoms with Gasteiger partial charge >= 0.3 is 0 Å². The first-order valence-corrected chi connectivity index (χ1v) is 1.63. The highest BCUT2D eigenvalue weighted by Crippen LogP contribution is 1.77. The molecule has 0 bridgehead atoms. The summed E-state index contributed by atoms with van der Waals surface area (Å²) in [7, 11) is 0. The van der Waals surface area contributed by atoms with E-state index in [1.165, 1.54) is 0 Å². The minimum atomic E-state index is -1.12. The van der Waals surface area contributed by atoms with Crippen molar-refractivity contribution in [3.05, 3.63) is 0 Å². The Morgan fingerprint density at radius 1 is 1.29 bits per heavy atom. The Labute approximate surface area is 42.0 Å². The summed E-state index contributed by atoms with van der Waals surface area (Å²) in [5.41, 5.74) is 0. The van der Waals surface area contributed by atoms with Crippen LogP contribution in [0.3, 0.4) is 0 Å². The SMILES string of the molecule is CCC(O)O.O.O. The van der Waals surface area contributed by atoms with Crippen LogP contribution in [0.1, 0.15) is 13.3 Å². The maximum Gasteiger partial charge on any atom is 0.151 e. The molecule has 0 aromatic carbocycles. The van der Waals surface area contributed by atoms with E-state index >= 15 is 0 Å². The monoisotopic (exact) mass is 112 g/mol. The topological polar surface area (TPSA) is 103 Å². The molecule has 0 aliphatic rings. The van der Waals surface area contributed by atoms with E-state index in [0.29, 0.717) is 6.42 Å².